The van der Waals surface area contributed by atoms with E-state index >= 15 is 0 Å². The van der Waals surface area contributed by atoms with Crippen LogP contribution in [0.3, 0.4) is 0 Å². The third-order valence-corrected chi connectivity index (χ3v) is 6.46. The smallest absolute Gasteiger partial charge is 0.321 e. The summed E-state index contributed by atoms with van der Waals surface area (Å²) in [5.41, 5.74) is 4.82. The Balaban J connectivity index is 1.33. The van der Waals surface area contributed by atoms with Gasteiger partial charge < -0.3 is 20.1 Å². The summed E-state index contributed by atoms with van der Waals surface area (Å²) in [5.74, 6) is -0.981. The number of nitrogens with zero attached hydrogens (tertiary/aromatic N) is 1. The number of hydrogen-bond acceptors (Lipinski definition) is 3. The molecule has 3 aliphatic rings. The average molecular weight is 378 g/mol. The standard InChI is InChI=1S/C22H22N2O4/c25-20(26)22-7-8-28-12-16(22)11-24(13-22)21(27)23-17-5-6-19-15(10-17)9-14-3-1-2-4-18(14)19/h1-6,10,16H,7-9,11-13H2,(H,23,27)(H,25,26)/t16-,22+/m1/s1. The number of rotatable bonds is 2. The highest BCUT2D eigenvalue weighted by molar-refractivity contribution is 5.91. The van der Waals surface area contributed by atoms with Gasteiger partial charge in [-0.25, -0.2) is 4.79 Å². The lowest BCUT2D eigenvalue weighted by Crippen LogP contribution is -2.45. The van der Waals surface area contributed by atoms with Crippen molar-refractivity contribution in [1.29, 1.82) is 0 Å². The number of hydrogen-bond donors (Lipinski definition) is 2. The Morgan fingerprint density at radius 3 is 2.79 bits per heavy atom. The van der Waals surface area contributed by atoms with Gasteiger partial charge in [0.25, 0.3) is 0 Å². The number of carbonyl (C=O) groups is 2. The maximum absolute atomic E-state index is 12.8. The molecular formula is C22H22N2O4. The lowest BCUT2D eigenvalue weighted by Gasteiger charge is -2.33. The van der Waals surface area contributed by atoms with Gasteiger partial charge in [-0.15, -0.1) is 0 Å². The Morgan fingerprint density at radius 2 is 1.96 bits per heavy atom. The number of amides is 2. The summed E-state index contributed by atoms with van der Waals surface area (Å²) in [6.07, 6.45) is 1.31. The van der Waals surface area contributed by atoms with Crippen LogP contribution in [-0.2, 0) is 16.0 Å². The van der Waals surface area contributed by atoms with Crippen molar-refractivity contribution >= 4 is 17.7 Å². The molecule has 2 heterocycles. The molecule has 2 atom stereocenters. The van der Waals surface area contributed by atoms with E-state index in [1.165, 1.54) is 22.3 Å². The molecule has 144 valence electrons. The molecular weight excluding hydrogens is 356 g/mol. The van der Waals surface area contributed by atoms with Crippen LogP contribution in [0.5, 0.6) is 0 Å². The summed E-state index contributed by atoms with van der Waals surface area (Å²) in [6, 6.07) is 14.1. The zero-order valence-electron chi connectivity index (χ0n) is 15.5. The van der Waals surface area contributed by atoms with E-state index in [9.17, 15) is 14.7 Å². The van der Waals surface area contributed by atoms with Crippen molar-refractivity contribution in [2.45, 2.75) is 12.8 Å². The zero-order valence-corrected chi connectivity index (χ0v) is 15.5. The summed E-state index contributed by atoms with van der Waals surface area (Å²) >= 11 is 0. The van der Waals surface area contributed by atoms with Crippen LogP contribution in [0.15, 0.2) is 42.5 Å². The van der Waals surface area contributed by atoms with E-state index in [0.29, 0.717) is 26.2 Å². The molecule has 0 saturated carbocycles. The molecule has 2 amide bonds. The molecule has 6 nitrogen and oxygen atoms in total. The van der Waals surface area contributed by atoms with Gasteiger partial charge in [-0.05, 0) is 47.2 Å². The molecule has 2 N–H and O–H groups in total. The highest BCUT2D eigenvalue weighted by Gasteiger charge is 2.55. The van der Waals surface area contributed by atoms with Crippen LogP contribution in [0.25, 0.3) is 11.1 Å². The molecule has 2 aromatic carbocycles. The van der Waals surface area contributed by atoms with Crippen molar-refractivity contribution in [3.8, 4) is 11.1 Å². The number of nitrogens with one attached hydrogen (secondary N) is 1. The second-order valence-corrected chi connectivity index (χ2v) is 8.00. The largest absolute Gasteiger partial charge is 0.481 e. The number of ether oxygens (including phenoxy) is 1. The molecule has 2 aromatic rings. The van der Waals surface area contributed by atoms with E-state index in [4.69, 9.17) is 4.74 Å². The fourth-order valence-corrected chi connectivity index (χ4v) is 4.88. The Bertz CT molecular complexity index is 973. The normalized spacial score (nSPS) is 25.0. The first-order valence-corrected chi connectivity index (χ1v) is 9.65. The Labute approximate surface area is 163 Å². The number of carboxylic acids is 1. The highest BCUT2D eigenvalue weighted by atomic mass is 16.5. The molecule has 0 radical (unpaired) electrons. The van der Waals surface area contributed by atoms with Gasteiger partial charge in [-0.3, -0.25) is 4.79 Å². The van der Waals surface area contributed by atoms with Crippen molar-refractivity contribution in [3.05, 3.63) is 53.6 Å². The third-order valence-electron chi connectivity index (χ3n) is 6.46. The molecule has 0 spiro atoms. The van der Waals surface area contributed by atoms with Gasteiger partial charge in [-0.1, -0.05) is 30.3 Å². The summed E-state index contributed by atoms with van der Waals surface area (Å²) in [7, 11) is 0. The van der Waals surface area contributed by atoms with E-state index < -0.39 is 11.4 Å². The van der Waals surface area contributed by atoms with Crippen LogP contribution in [0, 0.1) is 11.3 Å². The van der Waals surface area contributed by atoms with Gasteiger partial charge in [0.2, 0.25) is 0 Å². The molecule has 0 unspecified atom stereocenters. The summed E-state index contributed by atoms with van der Waals surface area (Å²) < 4.78 is 5.46. The first-order chi connectivity index (χ1) is 13.6. The lowest BCUT2D eigenvalue weighted by atomic mass is 9.74. The SMILES string of the molecule is O=C(Nc1ccc2c(c1)Cc1ccccc1-2)N1C[C@@H]2COCC[C@]2(C(=O)O)C1. The fourth-order valence-electron chi connectivity index (χ4n) is 4.88. The summed E-state index contributed by atoms with van der Waals surface area (Å²) in [4.78, 5) is 26.3. The number of fused-ring (bicyclic) bond motifs is 4. The van der Waals surface area contributed by atoms with Crippen LogP contribution < -0.4 is 5.32 Å². The number of benzene rings is 2. The maximum Gasteiger partial charge on any atom is 0.321 e. The van der Waals surface area contributed by atoms with Gasteiger partial charge in [0, 0.05) is 31.3 Å². The van der Waals surface area contributed by atoms with Crippen molar-refractivity contribution in [1.82, 2.24) is 4.90 Å². The van der Waals surface area contributed by atoms with E-state index in [1.54, 1.807) is 4.90 Å². The van der Waals surface area contributed by atoms with E-state index in [2.05, 4.69) is 17.4 Å². The lowest BCUT2D eigenvalue weighted by molar-refractivity contribution is -0.157. The number of urea groups is 1. The predicted molar refractivity (Wildman–Crippen MR) is 104 cm³/mol. The van der Waals surface area contributed by atoms with E-state index in [-0.39, 0.29) is 18.5 Å². The average Bonchev–Trinajstić information content (AvgIpc) is 3.27. The topological polar surface area (TPSA) is 78.9 Å². The molecule has 2 fully saturated rings. The predicted octanol–water partition coefficient (Wildman–Crippen LogP) is 3.21. The molecule has 0 aromatic heterocycles. The third kappa shape index (κ3) is 2.59. The minimum absolute atomic E-state index is 0.154. The van der Waals surface area contributed by atoms with Crippen LogP contribution in [0.2, 0.25) is 0 Å². The number of aliphatic carboxylic acids is 1. The van der Waals surface area contributed by atoms with Crippen LogP contribution in [0.4, 0.5) is 10.5 Å². The second-order valence-electron chi connectivity index (χ2n) is 8.00. The minimum Gasteiger partial charge on any atom is -0.481 e. The molecule has 2 saturated heterocycles. The van der Waals surface area contributed by atoms with Crippen molar-refractivity contribution < 1.29 is 19.4 Å². The van der Waals surface area contributed by atoms with Gasteiger partial charge >= 0.3 is 12.0 Å². The first kappa shape index (κ1) is 17.3. The Kier molecular flexibility index (Phi) is 3.91. The van der Waals surface area contributed by atoms with Crippen molar-refractivity contribution in [3.63, 3.8) is 0 Å². The van der Waals surface area contributed by atoms with Crippen LogP contribution in [-0.4, -0.2) is 48.3 Å². The molecule has 1 aliphatic carbocycles. The van der Waals surface area contributed by atoms with E-state index in [1.807, 2.05) is 30.3 Å². The Morgan fingerprint density at radius 1 is 1.14 bits per heavy atom. The highest BCUT2D eigenvalue weighted by Crippen LogP contribution is 2.43. The maximum atomic E-state index is 12.8. The Hall–Kier alpha value is -2.86. The fraction of sp³-hybridized carbons (Fsp3) is 0.364. The number of carboxylic acid groups (broad SMARTS) is 1. The first-order valence-electron chi connectivity index (χ1n) is 9.65. The van der Waals surface area contributed by atoms with Crippen LogP contribution >= 0.6 is 0 Å². The zero-order chi connectivity index (χ0) is 19.3. The van der Waals surface area contributed by atoms with Crippen molar-refractivity contribution in [2.75, 3.05) is 31.6 Å². The van der Waals surface area contributed by atoms with E-state index in [0.717, 1.165) is 12.1 Å². The van der Waals surface area contributed by atoms with Crippen LogP contribution in [0.1, 0.15) is 17.5 Å². The number of anilines is 1. The quantitative estimate of drug-likeness (QED) is 0.718. The molecule has 5 rings (SSSR count). The van der Waals surface area contributed by atoms with Gasteiger partial charge in [0.1, 0.15) is 0 Å². The molecule has 28 heavy (non-hydrogen) atoms. The monoisotopic (exact) mass is 378 g/mol. The van der Waals surface area contributed by atoms with Gasteiger partial charge in [-0.2, -0.15) is 0 Å². The molecule has 6 heteroatoms. The molecule has 2 aliphatic heterocycles. The number of carbonyl (C=O) groups excluding carboxylic acids is 1. The summed E-state index contributed by atoms with van der Waals surface area (Å²) in [6.45, 7) is 1.48. The molecule has 0 bridgehead atoms. The van der Waals surface area contributed by atoms with Crippen molar-refractivity contribution in [2.24, 2.45) is 11.3 Å². The minimum atomic E-state index is -0.880. The number of likely N-dealkylation sites (tertiary alicyclic amines) is 1. The summed E-state index contributed by atoms with van der Waals surface area (Å²) in [5, 5.41) is 12.7. The second kappa shape index (κ2) is 6.34. The van der Waals surface area contributed by atoms with Gasteiger partial charge in [0.15, 0.2) is 0 Å². The van der Waals surface area contributed by atoms with Gasteiger partial charge in [0.05, 0.1) is 12.0 Å².